The van der Waals surface area contributed by atoms with Crippen LogP contribution in [-0.2, 0) is 6.42 Å². The largest absolute Gasteiger partial charge is 0.310 e. The molecule has 2 rings (SSSR count). The van der Waals surface area contributed by atoms with E-state index in [2.05, 4.69) is 43.4 Å². The van der Waals surface area contributed by atoms with Crippen molar-refractivity contribution in [2.45, 2.75) is 58.4 Å². The van der Waals surface area contributed by atoms with E-state index in [-0.39, 0.29) is 0 Å². The van der Waals surface area contributed by atoms with Gasteiger partial charge in [-0.25, -0.2) is 0 Å². The van der Waals surface area contributed by atoms with Gasteiger partial charge in [0.15, 0.2) is 0 Å². The molecule has 0 saturated heterocycles. The number of unbranched alkanes of at least 4 members (excludes halogenated alkanes) is 2. The average Bonchev–Trinajstić information content (AvgIpc) is 2.74. The third-order valence-corrected chi connectivity index (χ3v) is 4.14. The number of fused-ring (bicyclic) bond motifs is 1. The van der Waals surface area contributed by atoms with Crippen LogP contribution in [0.5, 0.6) is 0 Å². The SMILES string of the molecule is CCCCCC1Cc2ccccc2C1NCCC. The molecule has 0 aromatic heterocycles. The van der Waals surface area contributed by atoms with Gasteiger partial charge in [0.1, 0.15) is 0 Å². The molecule has 0 bridgehead atoms. The number of benzene rings is 1. The van der Waals surface area contributed by atoms with Crippen LogP contribution in [0.2, 0.25) is 0 Å². The van der Waals surface area contributed by atoms with E-state index in [1.165, 1.54) is 38.5 Å². The fraction of sp³-hybridized carbons (Fsp3) is 0.647. The molecule has 0 radical (unpaired) electrons. The minimum Gasteiger partial charge on any atom is -0.310 e. The Morgan fingerprint density at radius 1 is 1.11 bits per heavy atom. The van der Waals surface area contributed by atoms with Gasteiger partial charge in [-0.1, -0.05) is 57.4 Å². The third-order valence-electron chi connectivity index (χ3n) is 4.14. The number of hydrogen-bond donors (Lipinski definition) is 1. The van der Waals surface area contributed by atoms with E-state index in [1.807, 2.05) is 0 Å². The summed E-state index contributed by atoms with van der Waals surface area (Å²) >= 11 is 0. The van der Waals surface area contributed by atoms with Gasteiger partial charge in [-0.3, -0.25) is 0 Å². The lowest BCUT2D eigenvalue weighted by atomic mass is 9.94. The monoisotopic (exact) mass is 245 g/mol. The first-order chi connectivity index (χ1) is 8.86. The predicted octanol–water partition coefficient (Wildman–Crippen LogP) is 4.48. The van der Waals surface area contributed by atoms with Crippen LogP contribution in [0.1, 0.15) is 63.1 Å². The molecule has 1 aromatic rings. The Bertz CT molecular complexity index is 358. The second-order valence-corrected chi connectivity index (χ2v) is 5.59. The highest BCUT2D eigenvalue weighted by atomic mass is 14.9. The number of nitrogens with one attached hydrogen (secondary N) is 1. The van der Waals surface area contributed by atoms with Crippen LogP contribution in [-0.4, -0.2) is 6.54 Å². The Kier molecular flexibility index (Phi) is 5.25. The van der Waals surface area contributed by atoms with Crippen molar-refractivity contribution >= 4 is 0 Å². The van der Waals surface area contributed by atoms with Crippen LogP contribution in [0.3, 0.4) is 0 Å². The average molecular weight is 245 g/mol. The van der Waals surface area contributed by atoms with Gasteiger partial charge >= 0.3 is 0 Å². The van der Waals surface area contributed by atoms with Crippen molar-refractivity contribution in [3.8, 4) is 0 Å². The number of rotatable bonds is 7. The van der Waals surface area contributed by atoms with Crippen molar-refractivity contribution in [3.05, 3.63) is 35.4 Å². The van der Waals surface area contributed by atoms with Crippen LogP contribution >= 0.6 is 0 Å². The lowest BCUT2D eigenvalue weighted by Crippen LogP contribution is -2.26. The molecule has 1 aliphatic carbocycles. The lowest BCUT2D eigenvalue weighted by molar-refractivity contribution is 0.356. The van der Waals surface area contributed by atoms with Crippen LogP contribution in [0.25, 0.3) is 0 Å². The normalized spacial score (nSPS) is 22.1. The Labute approximate surface area is 112 Å². The summed E-state index contributed by atoms with van der Waals surface area (Å²) in [5.41, 5.74) is 3.14. The molecule has 0 aliphatic heterocycles. The molecule has 100 valence electrons. The van der Waals surface area contributed by atoms with Gasteiger partial charge in [0.2, 0.25) is 0 Å². The van der Waals surface area contributed by atoms with E-state index in [4.69, 9.17) is 0 Å². The van der Waals surface area contributed by atoms with Gasteiger partial charge in [0.05, 0.1) is 0 Å². The molecular weight excluding hydrogens is 218 g/mol. The van der Waals surface area contributed by atoms with Crippen molar-refractivity contribution in [2.24, 2.45) is 5.92 Å². The van der Waals surface area contributed by atoms with E-state index in [0.29, 0.717) is 6.04 Å². The molecule has 0 saturated carbocycles. The molecule has 2 unspecified atom stereocenters. The van der Waals surface area contributed by atoms with Crippen molar-refractivity contribution in [1.82, 2.24) is 5.32 Å². The molecule has 1 aliphatic rings. The highest BCUT2D eigenvalue weighted by molar-refractivity contribution is 5.35. The minimum atomic E-state index is 0.609. The maximum atomic E-state index is 3.76. The van der Waals surface area contributed by atoms with Crippen LogP contribution in [0, 0.1) is 5.92 Å². The zero-order valence-electron chi connectivity index (χ0n) is 11.9. The number of hydrogen-bond acceptors (Lipinski definition) is 1. The second kappa shape index (κ2) is 6.94. The highest BCUT2D eigenvalue weighted by Crippen LogP contribution is 2.38. The van der Waals surface area contributed by atoms with E-state index < -0.39 is 0 Å². The second-order valence-electron chi connectivity index (χ2n) is 5.59. The summed E-state index contributed by atoms with van der Waals surface area (Å²) in [5, 5.41) is 3.76. The first kappa shape index (κ1) is 13.6. The molecule has 0 amide bonds. The van der Waals surface area contributed by atoms with Crippen LogP contribution in [0.15, 0.2) is 24.3 Å². The van der Waals surface area contributed by atoms with Crippen LogP contribution in [0.4, 0.5) is 0 Å². The molecule has 1 heteroatoms. The zero-order valence-corrected chi connectivity index (χ0v) is 11.9. The van der Waals surface area contributed by atoms with Crippen molar-refractivity contribution in [3.63, 3.8) is 0 Å². The molecule has 1 aromatic carbocycles. The molecule has 0 fully saturated rings. The lowest BCUT2D eigenvalue weighted by Gasteiger charge is -2.22. The van der Waals surface area contributed by atoms with Crippen molar-refractivity contribution < 1.29 is 0 Å². The van der Waals surface area contributed by atoms with E-state index in [9.17, 15) is 0 Å². The molecule has 1 nitrogen and oxygen atoms in total. The molecule has 1 N–H and O–H groups in total. The molecule has 18 heavy (non-hydrogen) atoms. The van der Waals surface area contributed by atoms with Crippen LogP contribution < -0.4 is 5.32 Å². The summed E-state index contributed by atoms with van der Waals surface area (Å²) in [6, 6.07) is 9.62. The zero-order chi connectivity index (χ0) is 12.8. The maximum absolute atomic E-state index is 3.76. The summed E-state index contributed by atoms with van der Waals surface area (Å²) in [5.74, 6) is 0.820. The fourth-order valence-electron chi connectivity index (χ4n) is 3.18. The predicted molar refractivity (Wildman–Crippen MR) is 78.8 cm³/mol. The Morgan fingerprint density at radius 2 is 1.94 bits per heavy atom. The summed E-state index contributed by atoms with van der Waals surface area (Å²) in [6.45, 7) is 5.68. The first-order valence-electron chi connectivity index (χ1n) is 7.68. The topological polar surface area (TPSA) is 12.0 Å². The molecule has 0 spiro atoms. The Morgan fingerprint density at radius 3 is 2.72 bits per heavy atom. The third kappa shape index (κ3) is 3.14. The van der Waals surface area contributed by atoms with Gasteiger partial charge in [0.25, 0.3) is 0 Å². The summed E-state index contributed by atoms with van der Waals surface area (Å²) < 4.78 is 0. The highest BCUT2D eigenvalue weighted by Gasteiger charge is 2.30. The van der Waals surface area contributed by atoms with E-state index in [1.54, 1.807) is 11.1 Å². The van der Waals surface area contributed by atoms with E-state index >= 15 is 0 Å². The van der Waals surface area contributed by atoms with Gasteiger partial charge in [-0.05, 0) is 42.9 Å². The summed E-state index contributed by atoms with van der Waals surface area (Å²) in [6.07, 6.45) is 7.98. The van der Waals surface area contributed by atoms with E-state index in [0.717, 1.165) is 12.5 Å². The molecule has 0 heterocycles. The Hall–Kier alpha value is -0.820. The fourth-order valence-corrected chi connectivity index (χ4v) is 3.18. The summed E-state index contributed by atoms with van der Waals surface area (Å²) in [4.78, 5) is 0. The minimum absolute atomic E-state index is 0.609. The smallest absolute Gasteiger partial charge is 0.0354 e. The standard InChI is InChI=1S/C17H27N/c1-3-5-6-10-15-13-14-9-7-8-11-16(14)17(15)18-12-4-2/h7-9,11,15,17-18H,3-6,10,12-13H2,1-2H3. The van der Waals surface area contributed by atoms with Crippen molar-refractivity contribution in [1.29, 1.82) is 0 Å². The molecule has 2 atom stereocenters. The first-order valence-corrected chi connectivity index (χ1v) is 7.68. The Balaban J connectivity index is 2.02. The molecular formula is C17H27N. The summed E-state index contributed by atoms with van der Waals surface area (Å²) in [7, 11) is 0. The quantitative estimate of drug-likeness (QED) is 0.698. The van der Waals surface area contributed by atoms with Gasteiger partial charge < -0.3 is 5.32 Å². The van der Waals surface area contributed by atoms with Gasteiger partial charge in [0, 0.05) is 6.04 Å². The van der Waals surface area contributed by atoms with Crippen molar-refractivity contribution in [2.75, 3.05) is 6.54 Å². The van der Waals surface area contributed by atoms with Gasteiger partial charge in [-0.2, -0.15) is 0 Å². The maximum Gasteiger partial charge on any atom is 0.0354 e. The van der Waals surface area contributed by atoms with Gasteiger partial charge in [-0.15, -0.1) is 0 Å².